The van der Waals surface area contributed by atoms with Gasteiger partial charge in [0.15, 0.2) is 12.1 Å². The molecule has 3 aliphatic heterocycles. The predicted octanol–water partition coefficient (Wildman–Crippen LogP) is 3.34. The SMILES string of the molecule is CCCCCCCO[C@H]1O[C@H]([C@@H](CN2CCOCC2)OC(=O)NS(=O)(=O)c2ccc(C)cc2)[C@@H]2OC(C)(C)O[C@H]12. The number of hydrogen-bond acceptors (Lipinski definition) is 10. The number of nitrogens with zero attached hydrogens (tertiary/aromatic N) is 1. The molecule has 1 aromatic rings. The van der Waals surface area contributed by atoms with Crippen molar-refractivity contribution in [3.05, 3.63) is 29.8 Å². The Labute approximate surface area is 237 Å². The van der Waals surface area contributed by atoms with Gasteiger partial charge in [0.1, 0.15) is 24.4 Å². The van der Waals surface area contributed by atoms with Crippen molar-refractivity contribution in [2.75, 3.05) is 39.5 Å². The van der Waals surface area contributed by atoms with Crippen LogP contribution in [0.3, 0.4) is 0 Å². The van der Waals surface area contributed by atoms with Crippen LogP contribution in [-0.4, -0.2) is 95.4 Å². The molecule has 4 rings (SSSR count). The van der Waals surface area contributed by atoms with Crippen molar-refractivity contribution in [2.24, 2.45) is 0 Å². The van der Waals surface area contributed by atoms with E-state index in [2.05, 4.69) is 11.8 Å². The number of rotatable bonds is 13. The largest absolute Gasteiger partial charge is 0.441 e. The number of aryl methyl sites for hydroxylation is 1. The van der Waals surface area contributed by atoms with E-state index in [-0.39, 0.29) is 4.90 Å². The molecule has 0 aliphatic carbocycles. The van der Waals surface area contributed by atoms with E-state index < -0.39 is 52.6 Å². The van der Waals surface area contributed by atoms with E-state index in [4.69, 9.17) is 28.4 Å². The standard InChI is InChI=1S/C28H44N2O9S/c1-5-6-7-8-9-16-35-26-25-24(38-28(3,4)39-25)23(37-26)22(19-30-14-17-34-18-15-30)36-27(31)29-40(32,33)21-12-10-20(2)11-13-21/h10-13,22-26H,5-9,14-19H2,1-4H3,(H,29,31)/t22-,23-,24+,25+,26+/m1/s1. The third-order valence-corrected chi connectivity index (χ3v) is 8.62. The Morgan fingerprint density at radius 3 is 2.45 bits per heavy atom. The molecule has 1 amide bonds. The van der Waals surface area contributed by atoms with Gasteiger partial charge in [0, 0.05) is 26.2 Å². The molecular weight excluding hydrogens is 540 g/mol. The number of unbranched alkanes of at least 4 members (excludes halogenated alkanes) is 4. The van der Waals surface area contributed by atoms with Crippen molar-refractivity contribution >= 4 is 16.1 Å². The second kappa shape index (κ2) is 13.9. The maximum atomic E-state index is 13.0. The van der Waals surface area contributed by atoms with Crippen LogP contribution in [0.25, 0.3) is 0 Å². The smallest absolute Gasteiger partial charge is 0.421 e. The zero-order chi connectivity index (χ0) is 28.8. The lowest BCUT2D eigenvalue weighted by molar-refractivity contribution is -0.243. The summed E-state index contributed by atoms with van der Waals surface area (Å²) in [6.07, 6.45) is 1.06. The van der Waals surface area contributed by atoms with E-state index in [1.54, 1.807) is 12.1 Å². The minimum atomic E-state index is -4.13. The molecule has 1 aromatic carbocycles. The Hall–Kier alpha value is -1.80. The van der Waals surface area contributed by atoms with Crippen molar-refractivity contribution in [3.63, 3.8) is 0 Å². The average molecular weight is 585 g/mol. The Balaban J connectivity index is 1.47. The number of benzene rings is 1. The number of nitrogens with one attached hydrogen (secondary N) is 1. The van der Waals surface area contributed by atoms with E-state index in [9.17, 15) is 13.2 Å². The van der Waals surface area contributed by atoms with Gasteiger partial charge >= 0.3 is 6.09 Å². The predicted molar refractivity (Wildman–Crippen MR) is 146 cm³/mol. The van der Waals surface area contributed by atoms with Gasteiger partial charge in [0.05, 0.1) is 18.1 Å². The van der Waals surface area contributed by atoms with Gasteiger partial charge in [-0.2, -0.15) is 0 Å². The van der Waals surface area contributed by atoms with E-state index in [0.29, 0.717) is 39.5 Å². The molecule has 11 nitrogen and oxygen atoms in total. The first-order valence-electron chi connectivity index (χ1n) is 14.3. The average Bonchev–Trinajstić information content (AvgIpc) is 3.39. The summed E-state index contributed by atoms with van der Waals surface area (Å²) in [6, 6.07) is 6.21. The number of amides is 1. The first-order valence-corrected chi connectivity index (χ1v) is 15.8. The summed E-state index contributed by atoms with van der Waals surface area (Å²) in [6.45, 7) is 10.9. The first-order chi connectivity index (χ1) is 19.1. The quantitative estimate of drug-likeness (QED) is 0.346. The minimum Gasteiger partial charge on any atom is -0.441 e. The van der Waals surface area contributed by atoms with Gasteiger partial charge in [0.2, 0.25) is 0 Å². The molecule has 40 heavy (non-hydrogen) atoms. The number of hydrogen-bond donors (Lipinski definition) is 1. The Kier molecular flexibility index (Phi) is 10.8. The van der Waals surface area contributed by atoms with Crippen molar-refractivity contribution in [1.82, 2.24) is 9.62 Å². The summed E-state index contributed by atoms with van der Waals surface area (Å²) in [5, 5.41) is 0. The molecule has 0 spiro atoms. The van der Waals surface area contributed by atoms with E-state index in [1.807, 2.05) is 25.5 Å². The van der Waals surface area contributed by atoms with Crippen LogP contribution < -0.4 is 4.72 Å². The molecule has 5 atom stereocenters. The molecule has 0 aromatic heterocycles. The third-order valence-electron chi connectivity index (χ3n) is 7.29. The molecule has 12 heteroatoms. The van der Waals surface area contributed by atoms with Crippen molar-refractivity contribution in [2.45, 2.75) is 101 Å². The van der Waals surface area contributed by atoms with Gasteiger partial charge in [-0.05, 0) is 39.3 Å². The summed E-state index contributed by atoms with van der Waals surface area (Å²) in [7, 11) is -4.13. The fourth-order valence-corrected chi connectivity index (χ4v) is 6.10. The van der Waals surface area contributed by atoms with Gasteiger partial charge < -0.3 is 28.4 Å². The fraction of sp³-hybridized carbons (Fsp3) is 0.750. The highest BCUT2D eigenvalue weighted by Crippen LogP contribution is 2.41. The Bertz CT molecular complexity index is 1060. The molecule has 0 radical (unpaired) electrons. The Morgan fingerprint density at radius 1 is 1.07 bits per heavy atom. The monoisotopic (exact) mass is 584 g/mol. The number of sulfonamides is 1. The summed E-state index contributed by atoms with van der Waals surface area (Å²) < 4.78 is 63.7. The van der Waals surface area contributed by atoms with Crippen molar-refractivity contribution in [3.8, 4) is 0 Å². The lowest BCUT2D eigenvalue weighted by atomic mass is 10.0. The van der Waals surface area contributed by atoms with Gasteiger partial charge in [-0.3, -0.25) is 4.90 Å². The van der Waals surface area contributed by atoms with Crippen LogP contribution in [0.4, 0.5) is 4.79 Å². The normalized spacial score (nSPS) is 27.3. The molecule has 0 bridgehead atoms. The number of fused-ring (bicyclic) bond motifs is 1. The molecule has 0 saturated carbocycles. The Morgan fingerprint density at radius 2 is 1.75 bits per heavy atom. The van der Waals surface area contributed by atoms with Crippen LogP contribution in [0.15, 0.2) is 29.2 Å². The molecule has 3 aliphatic rings. The maximum absolute atomic E-state index is 13.0. The zero-order valence-corrected chi connectivity index (χ0v) is 24.8. The highest BCUT2D eigenvalue weighted by atomic mass is 32.2. The zero-order valence-electron chi connectivity index (χ0n) is 24.0. The molecule has 1 N–H and O–H groups in total. The topological polar surface area (TPSA) is 122 Å². The second-order valence-electron chi connectivity index (χ2n) is 11.1. The number of morpholine rings is 1. The maximum Gasteiger partial charge on any atom is 0.421 e. The molecule has 226 valence electrons. The van der Waals surface area contributed by atoms with Crippen LogP contribution in [0.2, 0.25) is 0 Å². The van der Waals surface area contributed by atoms with Gasteiger partial charge in [-0.1, -0.05) is 50.3 Å². The summed E-state index contributed by atoms with van der Waals surface area (Å²) in [5.41, 5.74) is 0.902. The fourth-order valence-electron chi connectivity index (χ4n) is 5.22. The lowest BCUT2D eigenvalue weighted by Crippen LogP contribution is -2.51. The van der Waals surface area contributed by atoms with Crippen LogP contribution in [0.1, 0.15) is 58.4 Å². The summed E-state index contributed by atoms with van der Waals surface area (Å²) in [5.74, 6) is -0.874. The van der Waals surface area contributed by atoms with Crippen molar-refractivity contribution in [1.29, 1.82) is 0 Å². The van der Waals surface area contributed by atoms with E-state index in [0.717, 1.165) is 24.8 Å². The highest BCUT2D eigenvalue weighted by Gasteiger charge is 2.58. The van der Waals surface area contributed by atoms with Gasteiger partial charge in [-0.25, -0.2) is 17.9 Å². The summed E-state index contributed by atoms with van der Waals surface area (Å²) >= 11 is 0. The first kappa shape index (κ1) is 31.1. The van der Waals surface area contributed by atoms with Crippen LogP contribution in [0, 0.1) is 6.92 Å². The van der Waals surface area contributed by atoms with Crippen molar-refractivity contribution < 1.29 is 41.6 Å². The molecular formula is C28H44N2O9S. The number of carbonyl (C=O) groups is 1. The number of carbonyl (C=O) groups excluding carboxylic acids is 1. The van der Waals surface area contributed by atoms with E-state index in [1.165, 1.54) is 25.0 Å². The van der Waals surface area contributed by atoms with E-state index >= 15 is 0 Å². The van der Waals surface area contributed by atoms with Gasteiger partial charge in [0.25, 0.3) is 10.0 Å². The third kappa shape index (κ3) is 8.37. The summed E-state index contributed by atoms with van der Waals surface area (Å²) in [4.78, 5) is 15.1. The lowest BCUT2D eigenvalue weighted by Gasteiger charge is -2.34. The van der Waals surface area contributed by atoms with Crippen LogP contribution in [0.5, 0.6) is 0 Å². The molecule has 3 saturated heterocycles. The van der Waals surface area contributed by atoms with Crippen LogP contribution >= 0.6 is 0 Å². The molecule has 0 unspecified atom stereocenters. The second-order valence-corrected chi connectivity index (χ2v) is 12.8. The minimum absolute atomic E-state index is 0.0290. The molecule has 3 fully saturated rings. The highest BCUT2D eigenvalue weighted by molar-refractivity contribution is 7.90. The van der Waals surface area contributed by atoms with Crippen LogP contribution in [-0.2, 0) is 38.4 Å². The number of ether oxygens (including phenoxy) is 6. The van der Waals surface area contributed by atoms with Gasteiger partial charge in [-0.15, -0.1) is 0 Å². The molecule has 3 heterocycles.